The zero-order valence-corrected chi connectivity index (χ0v) is 24.9. The summed E-state index contributed by atoms with van der Waals surface area (Å²) >= 11 is 6.50. The predicted octanol–water partition coefficient (Wildman–Crippen LogP) is 2.96. The number of anilines is 1. The molecule has 230 valence electrons. The highest BCUT2D eigenvalue weighted by molar-refractivity contribution is 6.34. The Kier molecular flexibility index (Phi) is 8.32. The Bertz CT molecular complexity index is 1510. The van der Waals surface area contributed by atoms with Gasteiger partial charge in [-0.15, -0.1) is 0 Å². The van der Waals surface area contributed by atoms with Crippen molar-refractivity contribution < 1.29 is 33.8 Å². The highest BCUT2D eigenvalue weighted by Crippen LogP contribution is 2.53. The molecule has 6 rings (SSSR count). The summed E-state index contributed by atoms with van der Waals surface area (Å²) < 4.78 is 12.2. The Morgan fingerprint density at radius 1 is 1.05 bits per heavy atom. The number of nitrogens with zero attached hydrogens (tertiary/aromatic N) is 2. The van der Waals surface area contributed by atoms with Gasteiger partial charge >= 0.3 is 5.97 Å². The summed E-state index contributed by atoms with van der Waals surface area (Å²) in [6, 6.07) is 13.5. The van der Waals surface area contributed by atoms with E-state index in [9.17, 15) is 24.3 Å². The first-order chi connectivity index (χ1) is 21.3. The van der Waals surface area contributed by atoms with Crippen molar-refractivity contribution in [3.8, 4) is 0 Å². The number of amides is 3. The highest BCUT2D eigenvalue weighted by Gasteiger charge is 2.72. The monoisotopic (exact) mass is 619 g/mol. The van der Waals surface area contributed by atoms with Crippen LogP contribution < -0.4 is 10.2 Å². The summed E-state index contributed by atoms with van der Waals surface area (Å²) in [7, 11) is 0. The van der Waals surface area contributed by atoms with Crippen LogP contribution in [0.5, 0.6) is 0 Å². The maximum atomic E-state index is 14.5. The molecule has 2 aromatic rings. The SMILES string of the molecule is C[C@H](CO)N1C(=O)[C@@H]2[C@H]3C(=O)N[C@H](c4ccccc4)COC(=O)CC/C=C\[C@H]3O[C@@]23C=CCN(c2ccccc2Cl)C(=O)[C@@H]13. The molecule has 0 saturated carbocycles. The first-order valence-corrected chi connectivity index (χ1v) is 15.2. The Morgan fingerprint density at radius 2 is 1.80 bits per heavy atom. The third kappa shape index (κ3) is 5.10. The Hall–Kier alpha value is -3.99. The van der Waals surface area contributed by atoms with Crippen LogP contribution in [-0.4, -0.2) is 77.2 Å². The van der Waals surface area contributed by atoms with Crippen molar-refractivity contribution in [1.29, 1.82) is 0 Å². The third-order valence-corrected chi connectivity index (χ3v) is 9.21. The number of aliphatic hydroxyl groups is 1. The molecule has 11 heteroatoms. The second kappa shape index (κ2) is 12.2. The molecule has 2 aromatic carbocycles. The van der Waals surface area contributed by atoms with Crippen molar-refractivity contribution >= 4 is 41.0 Å². The van der Waals surface area contributed by atoms with Gasteiger partial charge in [0.25, 0.3) is 5.91 Å². The summed E-state index contributed by atoms with van der Waals surface area (Å²) in [5.41, 5.74) is -0.289. The van der Waals surface area contributed by atoms with Gasteiger partial charge in [0, 0.05) is 13.0 Å². The third-order valence-electron chi connectivity index (χ3n) is 8.89. The van der Waals surface area contributed by atoms with E-state index in [4.69, 9.17) is 21.1 Å². The van der Waals surface area contributed by atoms with Crippen molar-refractivity contribution in [1.82, 2.24) is 10.2 Å². The molecule has 0 radical (unpaired) electrons. The van der Waals surface area contributed by atoms with Gasteiger partial charge in [0.15, 0.2) is 0 Å². The predicted molar refractivity (Wildman–Crippen MR) is 161 cm³/mol. The Morgan fingerprint density at radius 3 is 2.55 bits per heavy atom. The number of benzene rings is 2. The van der Waals surface area contributed by atoms with Crippen LogP contribution in [0, 0.1) is 11.8 Å². The van der Waals surface area contributed by atoms with E-state index in [1.54, 1.807) is 55.5 Å². The van der Waals surface area contributed by atoms with Crippen molar-refractivity contribution in [2.24, 2.45) is 11.8 Å². The molecular formula is C33H34ClN3O7. The number of hydrogen-bond acceptors (Lipinski definition) is 7. The maximum absolute atomic E-state index is 14.5. The minimum atomic E-state index is -1.50. The van der Waals surface area contributed by atoms with E-state index in [0.717, 1.165) is 5.56 Å². The standard InChI is InChI=1S/C33H34ClN3O7/c1-20(18-38)37-29-32(42)36(24-13-6-5-12-22(24)34)17-9-16-33(29)28(31(37)41)27-25(44-33)14-7-8-15-26(39)43-19-23(35-30(27)40)21-10-3-2-4-11-21/h2-7,9-14,16,20,23,25,27-29,38H,8,15,17-19H2,1H3,(H,35,40)/b14-7-/t20-,23+,25-,27+,28+,29-,33+/m1/s1. The lowest BCUT2D eigenvalue weighted by Crippen LogP contribution is -2.57. The van der Waals surface area contributed by atoms with Crippen LogP contribution in [-0.2, 0) is 28.7 Å². The number of carbonyl (C=O) groups excluding carboxylic acids is 4. The molecule has 0 bridgehead atoms. The van der Waals surface area contributed by atoms with Gasteiger partial charge in [-0.1, -0.05) is 78.4 Å². The summed E-state index contributed by atoms with van der Waals surface area (Å²) in [5.74, 6) is -3.83. The zero-order chi connectivity index (χ0) is 31.0. The molecule has 0 aliphatic carbocycles. The summed E-state index contributed by atoms with van der Waals surface area (Å²) in [6.45, 7) is 1.35. The fourth-order valence-electron chi connectivity index (χ4n) is 6.83. The van der Waals surface area contributed by atoms with E-state index in [2.05, 4.69) is 5.32 Å². The number of nitrogens with one attached hydrogen (secondary N) is 1. The van der Waals surface area contributed by atoms with Gasteiger partial charge in [-0.2, -0.15) is 0 Å². The van der Waals surface area contributed by atoms with E-state index in [-0.39, 0.29) is 19.6 Å². The van der Waals surface area contributed by atoms with Crippen LogP contribution >= 0.6 is 11.6 Å². The van der Waals surface area contributed by atoms with Gasteiger partial charge in [0.1, 0.15) is 18.2 Å². The van der Waals surface area contributed by atoms with Crippen molar-refractivity contribution in [3.05, 3.63) is 89.5 Å². The molecule has 2 N–H and O–H groups in total. The largest absolute Gasteiger partial charge is 0.463 e. The van der Waals surface area contributed by atoms with Crippen molar-refractivity contribution in [2.75, 3.05) is 24.7 Å². The molecule has 2 fully saturated rings. The molecular weight excluding hydrogens is 586 g/mol. The van der Waals surface area contributed by atoms with Crippen LogP contribution in [0.4, 0.5) is 5.69 Å². The lowest BCUT2D eigenvalue weighted by Gasteiger charge is -2.37. The number of esters is 1. The lowest BCUT2D eigenvalue weighted by molar-refractivity contribution is -0.146. The highest BCUT2D eigenvalue weighted by atomic mass is 35.5. The van der Waals surface area contributed by atoms with Crippen molar-refractivity contribution in [2.45, 2.75) is 49.6 Å². The van der Waals surface area contributed by atoms with E-state index in [1.807, 2.05) is 30.3 Å². The summed E-state index contributed by atoms with van der Waals surface area (Å²) in [6.07, 6.45) is 6.55. The number of aliphatic hydroxyl groups excluding tert-OH is 1. The van der Waals surface area contributed by atoms with Gasteiger partial charge < -0.3 is 29.7 Å². The quantitative estimate of drug-likeness (QED) is 0.398. The zero-order valence-electron chi connectivity index (χ0n) is 24.2. The molecule has 10 nitrogen and oxygen atoms in total. The number of hydrogen-bond donors (Lipinski definition) is 2. The summed E-state index contributed by atoms with van der Waals surface area (Å²) in [4.78, 5) is 58.5. The van der Waals surface area contributed by atoms with Gasteiger partial charge in [0.2, 0.25) is 11.8 Å². The molecule has 4 aliphatic heterocycles. The van der Waals surface area contributed by atoms with Crippen LogP contribution in [0.25, 0.3) is 0 Å². The maximum Gasteiger partial charge on any atom is 0.306 e. The minimum absolute atomic E-state index is 0.0816. The second-order valence-corrected chi connectivity index (χ2v) is 12.0. The molecule has 4 heterocycles. The fraction of sp³-hybridized carbons (Fsp3) is 0.394. The number of likely N-dealkylation sites (tertiary alicyclic amines) is 1. The normalized spacial score (nSPS) is 31.9. The number of halogens is 1. The van der Waals surface area contributed by atoms with Gasteiger partial charge in [-0.25, -0.2) is 0 Å². The van der Waals surface area contributed by atoms with E-state index in [0.29, 0.717) is 17.1 Å². The Labute approximate surface area is 260 Å². The van der Waals surface area contributed by atoms with Crippen molar-refractivity contribution in [3.63, 3.8) is 0 Å². The summed E-state index contributed by atoms with van der Waals surface area (Å²) in [5, 5.41) is 13.6. The molecule has 2 saturated heterocycles. The number of cyclic esters (lactones) is 1. The average molecular weight is 620 g/mol. The van der Waals surface area contributed by atoms with E-state index in [1.165, 1.54) is 9.80 Å². The fourth-order valence-corrected chi connectivity index (χ4v) is 7.06. The molecule has 0 unspecified atom stereocenters. The van der Waals surface area contributed by atoms with Crippen LogP contribution in [0.2, 0.25) is 5.02 Å². The molecule has 3 amide bonds. The molecule has 0 aromatic heterocycles. The van der Waals surface area contributed by atoms with Crippen LogP contribution in [0.15, 0.2) is 78.9 Å². The molecule has 4 aliphatic rings. The number of para-hydroxylation sites is 1. The topological polar surface area (TPSA) is 125 Å². The van der Waals surface area contributed by atoms with Gasteiger partial charge in [-0.3, -0.25) is 19.2 Å². The number of allylic oxidation sites excluding steroid dienone is 1. The van der Waals surface area contributed by atoms with Gasteiger partial charge in [0.05, 0.1) is 47.3 Å². The van der Waals surface area contributed by atoms with Crippen LogP contribution in [0.1, 0.15) is 31.4 Å². The van der Waals surface area contributed by atoms with E-state index < -0.39 is 72.0 Å². The molecule has 44 heavy (non-hydrogen) atoms. The lowest BCUT2D eigenvalue weighted by atomic mass is 9.77. The smallest absolute Gasteiger partial charge is 0.306 e. The molecule has 1 spiro atoms. The number of rotatable bonds is 4. The number of carbonyl (C=O) groups is 4. The average Bonchev–Trinajstić information content (AvgIpc) is 3.42. The van der Waals surface area contributed by atoms with E-state index >= 15 is 0 Å². The number of ether oxygens (including phenoxy) is 2. The first kappa shape index (κ1) is 30.1. The minimum Gasteiger partial charge on any atom is -0.463 e. The number of fused-ring (bicyclic) bond motifs is 2. The Balaban J connectivity index is 1.45. The molecule has 7 atom stereocenters. The van der Waals surface area contributed by atoms with Crippen LogP contribution in [0.3, 0.4) is 0 Å². The first-order valence-electron chi connectivity index (χ1n) is 14.8. The van der Waals surface area contributed by atoms with Gasteiger partial charge in [-0.05, 0) is 31.0 Å². The second-order valence-electron chi connectivity index (χ2n) is 11.5.